The van der Waals surface area contributed by atoms with Crippen molar-refractivity contribution in [3.8, 4) is 0 Å². The topological polar surface area (TPSA) is 80.8 Å². The van der Waals surface area contributed by atoms with Crippen molar-refractivity contribution in [3.63, 3.8) is 0 Å². The molecule has 0 spiro atoms. The van der Waals surface area contributed by atoms with Crippen LogP contribution in [0, 0.1) is 0 Å². The molecule has 8 heteroatoms. The Hall–Kier alpha value is -3.23. The lowest BCUT2D eigenvalue weighted by Crippen LogP contribution is -2.36. The number of ether oxygens (including phenoxy) is 2. The molecule has 2 heterocycles. The van der Waals surface area contributed by atoms with Gasteiger partial charge in [0.15, 0.2) is 0 Å². The highest BCUT2D eigenvalue weighted by molar-refractivity contribution is 7.09. The number of cyclic esters (lactones) is 2. The van der Waals surface area contributed by atoms with Crippen LogP contribution in [0.4, 0.5) is 0 Å². The van der Waals surface area contributed by atoms with Crippen LogP contribution in [0.25, 0.3) is 0 Å². The van der Waals surface area contributed by atoms with Crippen LogP contribution in [0.15, 0.2) is 77.4 Å². The van der Waals surface area contributed by atoms with Gasteiger partial charge in [-0.1, -0.05) is 53.7 Å². The van der Waals surface area contributed by atoms with Crippen molar-refractivity contribution in [2.24, 2.45) is 0 Å². The van der Waals surface area contributed by atoms with Crippen molar-refractivity contribution in [1.29, 1.82) is 0 Å². The molecule has 0 unspecified atom stereocenters. The summed E-state index contributed by atoms with van der Waals surface area (Å²) in [6.45, 7) is 12.5. The molecule has 40 heavy (non-hydrogen) atoms. The van der Waals surface area contributed by atoms with Crippen LogP contribution in [0.1, 0.15) is 57.7 Å². The molecule has 0 saturated heterocycles. The molecule has 2 bridgehead atoms. The van der Waals surface area contributed by atoms with E-state index in [4.69, 9.17) is 14.5 Å². The van der Waals surface area contributed by atoms with Gasteiger partial charge in [-0.15, -0.1) is 11.3 Å². The number of hydrogen-bond donors (Lipinski definition) is 1. The number of esters is 2. The lowest BCUT2D eigenvalue weighted by atomic mass is 10.1. The maximum Gasteiger partial charge on any atom is 0.331 e. The lowest BCUT2D eigenvalue weighted by molar-refractivity contribution is -0.150. The van der Waals surface area contributed by atoms with E-state index in [-0.39, 0.29) is 12.1 Å². The Morgan fingerprint density at radius 1 is 1.20 bits per heavy atom. The average molecular weight is 568 g/mol. The van der Waals surface area contributed by atoms with Gasteiger partial charge in [-0.05, 0) is 73.3 Å². The SMILES string of the molecule is C=CN[C@@H]1CCCc2csc(n2)C[C@@H](/C=C(C)/C=C/C(C)=C/CN(C)C)OC(=O)/C=C\C=C(/C)C[C@H](C)OC1=O. The number of nitrogens with one attached hydrogen (secondary N) is 1. The van der Waals surface area contributed by atoms with E-state index in [0.717, 1.165) is 41.2 Å². The summed E-state index contributed by atoms with van der Waals surface area (Å²) >= 11 is 1.56. The van der Waals surface area contributed by atoms with E-state index in [0.29, 0.717) is 19.3 Å². The Bertz CT molecular complexity index is 1140. The molecule has 0 saturated carbocycles. The molecular weight excluding hydrogens is 522 g/mol. The summed E-state index contributed by atoms with van der Waals surface area (Å²) in [7, 11) is 4.08. The number of hydrogen-bond acceptors (Lipinski definition) is 8. The van der Waals surface area contributed by atoms with Crippen LogP contribution < -0.4 is 5.32 Å². The second-order valence-corrected chi connectivity index (χ2v) is 11.4. The molecule has 0 aliphatic carbocycles. The number of aromatic nitrogens is 1. The van der Waals surface area contributed by atoms with Gasteiger partial charge >= 0.3 is 11.9 Å². The van der Waals surface area contributed by atoms with Crippen molar-refractivity contribution >= 4 is 23.3 Å². The predicted octanol–water partition coefficient (Wildman–Crippen LogP) is 5.87. The molecule has 0 aromatic carbocycles. The number of carbonyl (C=O) groups excluding carboxylic acids is 2. The quantitative estimate of drug-likeness (QED) is 0.326. The fourth-order valence-corrected chi connectivity index (χ4v) is 4.97. The second kappa shape index (κ2) is 17.5. The third kappa shape index (κ3) is 13.2. The highest BCUT2D eigenvalue weighted by Gasteiger charge is 2.21. The van der Waals surface area contributed by atoms with Crippen molar-refractivity contribution in [1.82, 2.24) is 15.2 Å². The lowest BCUT2D eigenvalue weighted by Gasteiger charge is -2.20. The zero-order chi connectivity index (χ0) is 29.5. The van der Waals surface area contributed by atoms with Crippen LogP contribution in [-0.2, 0) is 31.9 Å². The Kier molecular flexibility index (Phi) is 14.4. The average Bonchev–Trinajstić information content (AvgIpc) is 3.31. The molecule has 0 amide bonds. The van der Waals surface area contributed by atoms with Crippen LogP contribution >= 0.6 is 11.3 Å². The monoisotopic (exact) mass is 567 g/mol. The van der Waals surface area contributed by atoms with Crippen molar-refractivity contribution in [3.05, 3.63) is 88.1 Å². The van der Waals surface area contributed by atoms with E-state index in [9.17, 15) is 9.59 Å². The summed E-state index contributed by atoms with van der Waals surface area (Å²) in [5.41, 5.74) is 4.12. The molecule has 2 rings (SSSR count). The maximum atomic E-state index is 12.7. The highest BCUT2D eigenvalue weighted by Crippen LogP contribution is 2.18. The van der Waals surface area contributed by atoms with Gasteiger partial charge in [0.25, 0.3) is 0 Å². The third-order valence-corrected chi connectivity index (χ3v) is 7.07. The van der Waals surface area contributed by atoms with E-state index in [1.165, 1.54) is 17.8 Å². The highest BCUT2D eigenvalue weighted by atomic mass is 32.1. The van der Waals surface area contributed by atoms with Gasteiger partial charge in [0.1, 0.15) is 18.2 Å². The van der Waals surface area contributed by atoms with Crippen molar-refractivity contribution in [2.45, 2.75) is 78.0 Å². The standard InChI is InChI=1S/C32H45N3O4S/c1-8-33-29-13-10-12-27-22-40-30(34-27)21-28(20-25(4)16-15-23(2)17-18-35(6)7)39-31(36)14-9-11-24(3)19-26(5)38-32(29)37/h8-9,11,14-17,20,22,26,28-29,33H,1,10,12-13,18-19,21H2,2-7H3/b14-9-,16-15+,23-17+,24-11+,25-20+/t26-,28+,29+/m0/s1. The molecule has 0 fully saturated rings. The second-order valence-electron chi connectivity index (χ2n) is 10.5. The molecular formula is C32H45N3O4S. The smallest absolute Gasteiger partial charge is 0.331 e. The first-order chi connectivity index (χ1) is 19.0. The van der Waals surface area contributed by atoms with E-state index in [1.807, 2.05) is 58.5 Å². The summed E-state index contributed by atoms with van der Waals surface area (Å²) in [5.74, 6) is -0.713. The molecule has 1 N–H and O–H groups in total. The Balaban J connectivity index is 2.27. The number of likely N-dealkylation sites (N-methyl/N-ethyl adjacent to an activating group) is 1. The van der Waals surface area contributed by atoms with Crippen LogP contribution in [0.2, 0.25) is 0 Å². The van der Waals surface area contributed by atoms with E-state index in [1.54, 1.807) is 17.4 Å². The number of fused-ring (bicyclic) bond motifs is 2. The molecule has 7 nitrogen and oxygen atoms in total. The van der Waals surface area contributed by atoms with Crippen LogP contribution in [-0.4, -0.2) is 60.7 Å². The summed E-state index contributed by atoms with van der Waals surface area (Å²) in [6, 6.07) is -0.456. The number of rotatable bonds is 7. The van der Waals surface area contributed by atoms with Gasteiger partial charge in [0.2, 0.25) is 0 Å². The summed E-state index contributed by atoms with van der Waals surface area (Å²) < 4.78 is 11.5. The number of allylic oxidation sites excluding steroid dienone is 6. The number of thiazole rings is 1. The van der Waals surface area contributed by atoms with Crippen molar-refractivity contribution < 1.29 is 19.1 Å². The fraction of sp³-hybridized carbons (Fsp3) is 0.469. The normalized spacial score (nSPS) is 24.8. The largest absolute Gasteiger partial charge is 0.461 e. The Labute approximate surface area is 244 Å². The Morgan fingerprint density at radius 2 is 1.95 bits per heavy atom. The first-order valence-corrected chi connectivity index (χ1v) is 14.7. The maximum absolute atomic E-state index is 12.7. The van der Waals surface area contributed by atoms with Crippen molar-refractivity contribution in [2.75, 3.05) is 20.6 Å². The minimum Gasteiger partial charge on any atom is -0.461 e. The molecule has 3 atom stereocenters. The van der Waals surface area contributed by atoms with Gasteiger partial charge in [0, 0.05) is 30.8 Å². The summed E-state index contributed by atoms with van der Waals surface area (Å²) in [4.78, 5) is 32.3. The number of carbonyl (C=O) groups is 2. The molecule has 218 valence electrons. The first kappa shape index (κ1) is 33.0. The van der Waals surface area contributed by atoms with Gasteiger partial charge in [-0.3, -0.25) is 0 Å². The van der Waals surface area contributed by atoms with E-state index < -0.39 is 18.1 Å². The molecule has 0 radical (unpaired) electrons. The molecule has 1 aromatic heterocycles. The van der Waals surface area contributed by atoms with Crippen LogP contribution in [0.3, 0.4) is 0 Å². The predicted molar refractivity (Wildman–Crippen MR) is 164 cm³/mol. The molecule has 1 aliphatic rings. The fourth-order valence-electron chi connectivity index (χ4n) is 4.09. The van der Waals surface area contributed by atoms with E-state index in [2.05, 4.69) is 35.9 Å². The number of nitrogens with zero attached hydrogens (tertiary/aromatic N) is 2. The summed E-state index contributed by atoms with van der Waals surface area (Å²) in [6.07, 6.45) is 17.1. The molecule has 1 aliphatic heterocycles. The first-order valence-electron chi connectivity index (χ1n) is 13.8. The number of aryl methyl sites for hydroxylation is 1. The summed E-state index contributed by atoms with van der Waals surface area (Å²) in [5, 5.41) is 5.96. The minimum atomic E-state index is -0.456. The molecule has 1 aromatic rings. The van der Waals surface area contributed by atoms with Gasteiger partial charge in [-0.25, -0.2) is 14.6 Å². The van der Waals surface area contributed by atoms with E-state index >= 15 is 0 Å². The van der Waals surface area contributed by atoms with Gasteiger partial charge < -0.3 is 19.7 Å². The minimum absolute atomic E-state index is 0.293. The van der Waals surface area contributed by atoms with Gasteiger partial charge in [-0.2, -0.15) is 0 Å². The zero-order valence-corrected chi connectivity index (χ0v) is 25.6. The van der Waals surface area contributed by atoms with Gasteiger partial charge in [0.05, 0.1) is 10.7 Å². The third-order valence-electron chi connectivity index (χ3n) is 6.15. The zero-order valence-electron chi connectivity index (χ0n) is 24.8. The van der Waals surface area contributed by atoms with Crippen LogP contribution in [0.5, 0.6) is 0 Å². The Morgan fingerprint density at radius 3 is 2.67 bits per heavy atom.